The minimum Gasteiger partial charge on any atom is -0.377 e. The Morgan fingerprint density at radius 3 is 2.29 bits per heavy atom. The summed E-state index contributed by atoms with van der Waals surface area (Å²) in [5, 5.41) is 0.997. The average molecular weight is 165 g/mol. The van der Waals surface area contributed by atoms with E-state index in [1.165, 1.54) is 12.8 Å². The third-order valence-corrected chi connectivity index (χ3v) is 2.51. The van der Waals surface area contributed by atoms with Crippen LogP contribution in [0.2, 0.25) is 0 Å². The van der Waals surface area contributed by atoms with Crippen molar-refractivity contribution in [3.63, 3.8) is 0 Å². The van der Waals surface area contributed by atoms with Crippen LogP contribution in [0.25, 0.3) is 0 Å². The van der Waals surface area contributed by atoms with Crippen molar-refractivity contribution in [2.45, 2.75) is 18.4 Å². The first-order valence-corrected chi connectivity index (χ1v) is 3.56. The topological polar surface area (TPSA) is 9.23 Å². The summed E-state index contributed by atoms with van der Waals surface area (Å²) in [6, 6.07) is 0. The lowest BCUT2D eigenvalue weighted by Gasteiger charge is -2.05. The van der Waals surface area contributed by atoms with Crippen LogP contribution < -0.4 is 0 Å². The van der Waals surface area contributed by atoms with E-state index < -0.39 is 0 Å². The number of alkyl halides is 1. The van der Waals surface area contributed by atoms with Crippen molar-refractivity contribution in [2.24, 2.45) is 0 Å². The molecular formula is C5H9BrO. The SMILES string of the molecule is COC1(CBr)CC1. The van der Waals surface area contributed by atoms with Gasteiger partial charge in [-0.3, -0.25) is 0 Å². The van der Waals surface area contributed by atoms with Crippen molar-refractivity contribution in [2.75, 3.05) is 12.4 Å². The third-order valence-electron chi connectivity index (χ3n) is 1.48. The standard InChI is InChI=1S/C5H9BrO/c1-7-5(4-6)2-3-5/h2-4H2,1H3. The molecule has 1 fully saturated rings. The summed E-state index contributed by atoms with van der Waals surface area (Å²) in [7, 11) is 1.77. The third kappa shape index (κ3) is 0.970. The highest BCUT2D eigenvalue weighted by molar-refractivity contribution is 9.09. The highest BCUT2D eigenvalue weighted by Gasteiger charge is 2.41. The summed E-state index contributed by atoms with van der Waals surface area (Å²) >= 11 is 3.37. The van der Waals surface area contributed by atoms with Crippen LogP contribution in [0.15, 0.2) is 0 Å². The molecule has 0 N–H and O–H groups in total. The molecule has 0 aromatic carbocycles. The Labute approximate surface area is 52.2 Å². The molecule has 0 aromatic rings. The predicted octanol–water partition coefficient (Wildman–Crippen LogP) is 1.56. The van der Waals surface area contributed by atoms with Crippen molar-refractivity contribution in [3.05, 3.63) is 0 Å². The first-order chi connectivity index (χ1) is 3.33. The van der Waals surface area contributed by atoms with Gasteiger partial charge in [0.25, 0.3) is 0 Å². The minimum atomic E-state index is 0.250. The van der Waals surface area contributed by atoms with Crippen LogP contribution in [0.4, 0.5) is 0 Å². The molecule has 0 radical (unpaired) electrons. The van der Waals surface area contributed by atoms with Crippen molar-refractivity contribution in [3.8, 4) is 0 Å². The highest BCUT2D eigenvalue weighted by atomic mass is 79.9. The molecule has 42 valence electrons. The number of hydrogen-bond donors (Lipinski definition) is 0. The van der Waals surface area contributed by atoms with E-state index in [-0.39, 0.29) is 5.60 Å². The molecule has 0 aromatic heterocycles. The summed E-state index contributed by atoms with van der Waals surface area (Å²) in [6.07, 6.45) is 2.46. The van der Waals surface area contributed by atoms with E-state index >= 15 is 0 Å². The molecule has 0 amide bonds. The zero-order valence-electron chi connectivity index (χ0n) is 4.41. The number of halogens is 1. The molecular weight excluding hydrogens is 156 g/mol. The monoisotopic (exact) mass is 164 g/mol. The van der Waals surface area contributed by atoms with Gasteiger partial charge in [0.2, 0.25) is 0 Å². The largest absolute Gasteiger partial charge is 0.377 e. The van der Waals surface area contributed by atoms with Crippen molar-refractivity contribution in [1.82, 2.24) is 0 Å². The quantitative estimate of drug-likeness (QED) is 0.564. The van der Waals surface area contributed by atoms with E-state index in [0.29, 0.717) is 0 Å². The van der Waals surface area contributed by atoms with E-state index in [4.69, 9.17) is 4.74 Å². The van der Waals surface area contributed by atoms with Crippen LogP contribution in [0.3, 0.4) is 0 Å². The number of ether oxygens (including phenoxy) is 1. The van der Waals surface area contributed by atoms with Gasteiger partial charge in [0.05, 0.1) is 5.60 Å². The second-order valence-corrected chi connectivity index (χ2v) is 2.58. The smallest absolute Gasteiger partial charge is 0.0777 e. The van der Waals surface area contributed by atoms with Crippen molar-refractivity contribution in [1.29, 1.82) is 0 Å². The van der Waals surface area contributed by atoms with Gasteiger partial charge in [-0.05, 0) is 12.8 Å². The predicted molar refractivity (Wildman–Crippen MR) is 32.8 cm³/mol. The molecule has 0 unspecified atom stereocenters. The number of rotatable bonds is 2. The fourth-order valence-electron chi connectivity index (χ4n) is 0.532. The van der Waals surface area contributed by atoms with Crippen molar-refractivity contribution >= 4 is 15.9 Å². The van der Waals surface area contributed by atoms with Gasteiger partial charge in [-0.15, -0.1) is 0 Å². The van der Waals surface area contributed by atoms with Crippen LogP contribution in [-0.4, -0.2) is 18.0 Å². The first-order valence-electron chi connectivity index (χ1n) is 2.44. The Morgan fingerprint density at radius 1 is 1.71 bits per heavy atom. The van der Waals surface area contributed by atoms with Crippen LogP contribution in [0, 0.1) is 0 Å². The van der Waals surface area contributed by atoms with Gasteiger partial charge in [-0.1, -0.05) is 15.9 Å². The average Bonchev–Trinajstić information content (AvgIpc) is 2.46. The maximum atomic E-state index is 5.15. The van der Waals surface area contributed by atoms with Crippen LogP contribution >= 0.6 is 15.9 Å². The molecule has 0 spiro atoms. The molecule has 1 saturated carbocycles. The van der Waals surface area contributed by atoms with Crippen LogP contribution in [-0.2, 0) is 4.74 Å². The molecule has 2 heteroatoms. The molecule has 7 heavy (non-hydrogen) atoms. The second-order valence-electron chi connectivity index (χ2n) is 2.02. The Bertz CT molecular complexity index is 62.5. The summed E-state index contributed by atoms with van der Waals surface area (Å²) in [5.74, 6) is 0. The van der Waals surface area contributed by atoms with Gasteiger partial charge in [0.15, 0.2) is 0 Å². The lowest BCUT2D eigenvalue weighted by molar-refractivity contribution is 0.102. The maximum absolute atomic E-state index is 5.15. The van der Waals surface area contributed by atoms with Gasteiger partial charge in [-0.25, -0.2) is 0 Å². The lowest BCUT2D eigenvalue weighted by Crippen LogP contribution is -2.11. The van der Waals surface area contributed by atoms with E-state index in [1.54, 1.807) is 7.11 Å². The molecule has 1 rings (SSSR count). The summed E-state index contributed by atoms with van der Waals surface area (Å²) in [4.78, 5) is 0. The van der Waals surface area contributed by atoms with Gasteiger partial charge in [0.1, 0.15) is 0 Å². The second kappa shape index (κ2) is 1.75. The normalized spacial score (nSPS) is 24.9. The molecule has 1 aliphatic rings. The highest BCUT2D eigenvalue weighted by Crippen LogP contribution is 2.39. The molecule has 1 aliphatic carbocycles. The van der Waals surface area contributed by atoms with Gasteiger partial charge in [0, 0.05) is 12.4 Å². The van der Waals surface area contributed by atoms with E-state index in [1.807, 2.05) is 0 Å². The summed E-state index contributed by atoms with van der Waals surface area (Å²) in [6.45, 7) is 0. The lowest BCUT2D eigenvalue weighted by atomic mass is 10.4. The fourth-order valence-corrected chi connectivity index (χ4v) is 1.32. The van der Waals surface area contributed by atoms with Gasteiger partial charge in [-0.2, -0.15) is 0 Å². The Morgan fingerprint density at radius 2 is 2.29 bits per heavy atom. The number of hydrogen-bond acceptors (Lipinski definition) is 1. The molecule has 0 saturated heterocycles. The first kappa shape index (κ1) is 5.57. The molecule has 0 heterocycles. The van der Waals surface area contributed by atoms with Gasteiger partial charge >= 0.3 is 0 Å². The molecule has 0 aliphatic heterocycles. The fraction of sp³-hybridized carbons (Fsp3) is 1.00. The van der Waals surface area contributed by atoms with E-state index in [0.717, 1.165) is 5.33 Å². The summed E-state index contributed by atoms with van der Waals surface area (Å²) < 4.78 is 5.15. The Hall–Kier alpha value is 0.440. The zero-order valence-corrected chi connectivity index (χ0v) is 5.99. The van der Waals surface area contributed by atoms with E-state index in [2.05, 4.69) is 15.9 Å². The van der Waals surface area contributed by atoms with Crippen molar-refractivity contribution < 1.29 is 4.74 Å². The minimum absolute atomic E-state index is 0.250. The Balaban J connectivity index is 2.28. The molecule has 0 bridgehead atoms. The van der Waals surface area contributed by atoms with Crippen LogP contribution in [0.5, 0.6) is 0 Å². The maximum Gasteiger partial charge on any atom is 0.0777 e. The zero-order chi connectivity index (χ0) is 5.33. The Kier molecular flexibility index (Phi) is 1.39. The van der Waals surface area contributed by atoms with E-state index in [9.17, 15) is 0 Å². The molecule has 1 nitrogen and oxygen atoms in total. The molecule has 0 atom stereocenters. The van der Waals surface area contributed by atoms with Crippen LogP contribution in [0.1, 0.15) is 12.8 Å². The number of methoxy groups -OCH3 is 1. The summed E-state index contributed by atoms with van der Waals surface area (Å²) in [5.41, 5.74) is 0.250. The van der Waals surface area contributed by atoms with Gasteiger partial charge < -0.3 is 4.74 Å².